The van der Waals surface area contributed by atoms with Crippen LogP contribution in [0.25, 0.3) is 0 Å². The van der Waals surface area contributed by atoms with Gasteiger partial charge in [-0.3, -0.25) is 0 Å². The first-order valence-electron chi connectivity index (χ1n) is 7.96. The molecule has 0 saturated heterocycles. The van der Waals surface area contributed by atoms with Crippen molar-refractivity contribution in [1.82, 2.24) is 4.72 Å². The monoisotopic (exact) mass is 380 g/mol. The van der Waals surface area contributed by atoms with E-state index in [4.69, 9.17) is 10.5 Å². The lowest BCUT2D eigenvalue weighted by Crippen LogP contribution is -2.46. The van der Waals surface area contributed by atoms with Gasteiger partial charge in [0.15, 0.2) is 11.6 Å². The highest BCUT2D eigenvalue weighted by molar-refractivity contribution is 7.89. The third-order valence-electron chi connectivity index (χ3n) is 4.59. The van der Waals surface area contributed by atoms with Crippen molar-refractivity contribution in [1.29, 1.82) is 0 Å². The van der Waals surface area contributed by atoms with E-state index in [-0.39, 0.29) is 47.1 Å². The Bertz CT molecular complexity index is 649. The van der Waals surface area contributed by atoms with Gasteiger partial charge in [0.1, 0.15) is 0 Å². The number of methoxy groups -OCH3 is 1. The Hall–Kier alpha value is -0.890. The summed E-state index contributed by atoms with van der Waals surface area (Å²) in [4.78, 5) is -0.0648. The lowest BCUT2D eigenvalue weighted by molar-refractivity contribution is 0.294. The molecule has 1 fully saturated rings. The molecular formula is C16H26ClFN2O3S. The van der Waals surface area contributed by atoms with Crippen molar-refractivity contribution in [3.05, 3.63) is 23.5 Å². The lowest BCUT2D eigenvalue weighted by atomic mass is 9.84. The molecule has 1 saturated carbocycles. The molecular weight excluding hydrogens is 355 g/mol. The average molecular weight is 381 g/mol. The average Bonchev–Trinajstić information content (AvgIpc) is 2.55. The minimum atomic E-state index is -3.82. The fourth-order valence-corrected chi connectivity index (χ4v) is 4.78. The van der Waals surface area contributed by atoms with Crippen LogP contribution in [0.15, 0.2) is 17.0 Å². The van der Waals surface area contributed by atoms with Gasteiger partial charge in [0.05, 0.1) is 12.0 Å². The SMILES string of the molecule is COc1ccc(S(=O)(=O)NC(CN)C2CCCCC2)c(C)c1F.Cl. The first-order chi connectivity index (χ1) is 10.9. The fourth-order valence-electron chi connectivity index (χ4n) is 3.23. The molecule has 1 unspecified atom stereocenters. The van der Waals surface area contributed by atoms with Crippen LogP contribution in [0.1, 0.15) is 37.7 Å². The summed E-state index contributed by atoms with van der Waals surface area (Å²) in [7, 11) is -2.48. The Labute approximate surface area is 149 Å². The lowest BCUT2D eigenvalue weighted by Gasteiger charge is -2.30. The Kier molecular flexibility index (Phi) is 7.92. The largest absolute Gasteiger partial charge is 0.494 e. The Morgan fingerprint density at radius 2 is 1.96 bits per heavy atom. The molecule has 1 aromatic carbocycles. The summed E-state index contributed by atoms with van der Waals surface area (Å²) >= 11 is 0. The van der Waals surface area contributed by atoms with E-state index in [2.05, 4.69) is 4.72 Å². The Morgan fingerprint density at radius 1 is 1.33 bits per heavy atom. The van der Waals surface area contributed by atoms with Gasteiger partial charge in [0.25, 0.3) is 0 Å². The van der Waals surface area contributed by atoms with Crippen LogP contribution >= 0.6 is 12.4 Å². The molecule has 1 aliphatic carbocycles. The zero-order valence-corrected chi connectivity index (χ0v) is 15.7. The molecule has 1 aromatic rings. The summed E-state index contributed by atoms with van der Waals surface area (Å²) < 4.78 is 47.0. The maximum Gasteiger partial charge on any atom is 0.241 e. The predicted molar refractivity (Wildman–Crippen MR) is 94.7 cm³/mol. The summed E-state index contributed by atoms with van der Waals surface area (Å²) in [6.07, 6.45) is 5.32. The van der Waals surface area contributed by atoms with Gasteiger partial charge in [0.2, 0.25) is 10.0 Å². The second-order valence-electron chi connectivity index (χ2n) is 6.07. The second-order valence-corrected chi connectivity index (χ2v) is 7.75. The molecule has 0 heterocycles. The van der Waals surface area contributed by atoms with Gasteiger partial charge in [-0.25, -0.2) is 17.5 Å². The molecule has 0 radical (unpaired) electrons. The van der Waals surface area contributed by atoms with Crippen molar-refractivity contribution in [2.45, 2.75) is 50.0 Å². The first kappa shape index (κ1) is 21.2. The molecule has 2 rings (SSSR count). The molecule has 0 amide bonds. The highest BCUT2D eigenvalue weighted by atomic mass is 35.5. The smallest absolute Gasteiger partial charge is 0.241 e. The van der Waals surface area contributed by atoms with E-state index in [1.807, 2.05) is 0 Å². The van der Waals surface area contributed by atoms with Crippen molar-refractivity contribution < 1.29 is 17.5 Å². The minimum Gasteiger partial charge on any atom is -0.494 e. The second kappa shape index (κ2) is 8.99. The van der Waals surface area contributed by atoms with Crippen LogP contribution in [0.5, 0.6) is 5.75 Å². The normalized spacial score (nSPS) is 17.2. The van der Waals surface area contributed by atoms with Gasteiger partial charge >= 0.3 is 0 Å². The summed E-state index contributed by atoms with van der Waals surface area (Å²) in [5.74, 6) is -0.381. The van der Waals surface area contributed by atoms with Crippen molar-refractivity contribution in [2.24, 2.45) is 11.7 Å². The van der Waals surface area contributed by atoms with Gasteiger partial charge in [-0.1, -0.05) is 19.3 Å². The van der Waals surface area contributed by atoms with Gasteiger partial charge in [-0.15, -0.1) is 12.4 Å². The number of benzene rings is 1. The van der Waals surface area contributed by atoms with Crippen LogP contribution in [-0.4, -0.2) is 28.1 Å². The topological polar surface area (TPSA) is 81.4 Å². The zero-order valence-electron chi connectivity index (χ0n) is 14.0. The maximum absolute atomic E-state index is 14.1. The molecule has 1 aliphatic rings. The molecule has 24 heavy (non-hydrogen) atoms. The molecule has 0 aliphatic heterocycles. The summed E-state index contributed by atoms with van der Waals surface area (Å²) in [5, 5.41) is 0. The molecule has 138 valence electrons. The molecule has 0 spiro atoms. The Morgan fingerprint density at radius 3 is 2.50 bits per heavy atom. The van der Waals surface area contributed by atoms with E-state index < -0.39 is 15.8 Å². The quantitative estimate of drug-likeness (QED) is 0.795. The van der Waals surface area contributed by atoms with E-state index in [0.29, 0.717) is 0 Å². The van der Waals surface area contributed by atoms with E-state index >= 15 is 0 Å². The molecule has 0 bridgehead atoms. The summed E-state index contributed by atoms with van der Waals surface area (Å²) in [5.41, 5.74) is 5.83. The number of nitrogens with two attached hydrogens (primary N) is 1. The predicted octanol–water partition coefficient (Wildman–Crippen LogP) is 2.75. The van der Waals surface area contributed by atoms with Crippen molar-refractivity contribution in [3.63, 3.8) is 0 Å². The van der Waals surface area contributed by atoms with Crippen LogP contribution in [-0.2, 0) is 10.0 Å². The van der Waals surface area contributed by atoms with E-state index in [1.54, 1.807) is 0 Å². The molecule has 3 N–H and O–H groups in total. The third kappa shape index (κ3) is 4.59. The van der Waals surface area contributed by atoms with Crippen molar-refractivity contribution >= 4 is 22.4 Å². The van der Waals surface area contributed by atoms with Crippen LogP contribution in [0.3, 0.4) is 0 Å². The number of nitrogens with one attached hydrogen (secondary N) is 1. The maximum atomic E-state index is 14.1. The number of rotatable bonds is 6. The van der Waals surface area contributed by atoms with Gasteiger partial charge in [-0.2, -0.15) is 0 Å². The summed E-state index contributed by atoms with van der Waals surface area (Å²) in [6, 6.07) is 2.38. The number of hydrogen-bond donors (Lipinski definition) is 2. The van der Waals surface area contributed by atoms with Crippen molar-refractivity contribution in [3.8, 4) is 5.75 Å². The Balaban J connectivity index is 0.00000288. The minimum absolute atomic E-state index is 0. The van der Waals surface area contributed by atoms with Gasteiger partial charge < -0.3 is 10.5 Å². The molecule has 1 atom stereocenters. The van der Waals surface area contributed by atoms with E-state index in [9.17, 15) is 12.8 Å². The van der Waals surface area contributed by atoms with Crippen LogP contribution in [0.2, 0.25) is 0 Å². The molecule has 8 heteroatoms. The number of halogens is 2. The van der Waals surface area contributed by atoms with Crippen LogP contribution in [0.4, 0.5) is 4.39 Å². The van der Waals surface area contributed by atoms with Gasteiger partial charge in [-0.05, 0) is 37.8 Å². The summed E-state index contributed by atoms with van der Waals surface area (Å²) in [6.45, 7) is 1.67. The number of hydrogen-bond acceptors (Lipinski definition) is 4. The van der Waals surface area contributed by atoms with E-state index in [1.165, 1.54) is 32.6 Å². The fraction of sp³-hybridized carbons (Fsp3) is 0.625. The van der Waals surface area contributed by atoms with Crippen LogP contribution in [0, 0.1) is 18.7 Å². The van der Waals surface area contributed by atoms with Crippen molar-refractivity contribution in [2.75, 3.05) is 13.7 Å². The van der Waals surface area contributed by atoms with Gasteiger partial charge in [0, 0.05) is 18.2 Å². The number of sulfonamides is 1. The highest BCUT2D eigenvalue weighted by Gasteiger charge is 2.29. The number of ether oxygens (including phenoxy) is 1. The first-order valence-corrected chi connectivity index (χ1v) is 9.44. The molecule has 0 aromatic heterocycles. The van der Waals surface area contributed by atoms with E-state index in [0.717, 1.165) is 25.7 Å². The standard InChI is InChI=1S/C16H25FN2O3S.ClH/c1-11-15(9-8-14(22-2)16(11)17)23(20,21)19-13(10-18)12-6-4-3-5-7-12;/h8-9,12-13,19H,3-7,10,18H2,1-2H3;1H. The molecule has 5 nitrogen and oxygen atoms in total. The van der Waals surface area contributed by atoms with Crippen LogP contribution < -0.4 is 15.2 Å². The third-order valence-corrected chi connectivity index (χ3v) is 6.22. The zero-order chi connectivity index (χ0) is 17.0. The highest BCUT2D eigenvalue weighted by Crippen LogP contribution is 2.29.